The van der Waals surface area contributed by atoms with Gasteiger partial charge in [0.2, 0.25) is 5.88 Å². The number of hydrogen-bond acceptors (Lipinski definition) is 3. The maximum absolute atomic E-state index is 11.6. The molecule has 2 aromatic rings. The van der Waals surface area contributed by atoms with Gasteiger partial charge in [-0.05, 0) is 43.7 Å². The molecule has 1 amide bonds. The molecule has 0 fully saturated rings. The van der Waals surface area contributed by atoms with E-state index in [2.05, 4.69) is 4.98 Å². The Balaban J connectivity index is 2.50. The predicted molar refractivity (Wildman–Crippen MR) is 78.8 cm³/mol. The molecule has 0 bridgehead atoms. The van der Waals surface area contributed by atoms with Crippen molar-refractivity contribution in [3.8, 4) is 11.6 Å². The summed E-state index contributed by atoms with van der Waals surface area (Å²) in [4.78, 5) is 15.8. The van der Waals surface area contributed by atoms with Crippen LogP contribution in [-0.4, -0.2) is 10.9 Å². The lowest BCUT2D eigenvalue weighted by Gasteiger charge is -2.13. The molecule has 0 spiro atoms. The average molecular weight is 311 g/mol. The highest BCUT2D eigenvalue weighted by atomic mass is 35.5. The van der Waals surface area contributed by atoms with E-state index in [0.29, 0.717) is 27.1 Å². The Morgan fingerprint density at radius 3 is 2.35 bits per heavy atom. The standard InChI is InChI=1S/C14H12Cl2N2O2/c1-7-11(13(17)19)14(18-8(2)12(7)16)20-10-5-3-9(15)4-6-10/h3-6H,1-2H3,(H2,17,19). The average Bonchev–Trinajstić information content (AvgIpc) is 2.38. The zero-order chi connectivity index (χ0) is 14.9. The van der Waals surface area contributed by atoms with Gasteiger partial charge in [0, 0.05) is 5.02 Å². The van der Waals surface area contributed by atoms with Crippen molar-refractivity contribution in [2.75, 3.05) is 0 Å². The fourth-order valence-electron chi connectivity index (χ4n) is 1.78. The van der Waals surface area contributed by atoms with Gasteiger partial charge in [-0.3, -0.25) is 4.79 Å². The number of carbonyl (C=O) groups excluding carboxylic acids is 1. The third-order valence-corrected chi connectivity index (χ3v) is 3.59. The molecule has 6 heteroatoms. The van der Waals surface area contributed by atoms with E-state index in [4.69, 9.17) is 33.7 Å². The fraction of sp³-hybridized carbons (Fsp3) is 0.143. The van der Waals surface area contributed by atoms with Crippen molar-refractivity contribution < 1.29 is 9.53 Å². The quantitative estimate of drug-likeness (QED) is 0.935. The largest absolute Gasteiger partial charge is 0.438 e. The third-order valence-electron chi connectivity index (χ3n) is 2.78. The maximum atomic E-state index is 11.6. The van der Waals surface area contributed by atoms with Crippen LogP contribution in [0.3, 0.4) is 0 Å². The fourth-order valence-corrected chi connectivity index (χ4v) is 2.04. The number of nitrogens with zero attached hydrogens (tertiary/aromatic N) is 1. The number of aromatic nitrogens is 1. The Morgan fingerprint density at radius 2 is 1.80 bits per heavy atom. The molecule has 1 aromatic carbocycles. The molecular formula is C14H12Cl2N2O2. The van der Waals surface area contributed by atoms with E-state index in [9.17, 15) is 4.79 Å². The molecule has 2 N–H and O–H groups in total. The Hall–Kier alpha value is -1.78. The normalized spacial score (nSPS) is 10.4. The van der Waals surface area contributed by atoms with Gasteiger partial charge < -0.3 is 10.5 Å². The first-order valence-electron chi connectivity index (χ1n) is 5.80. The minimum atomic E-state index is -0.638. The number of halogens is 2. The summed E-state index contributed by atoms with van der Waals surface area (Å²) in [5.74, 6) is 0.00519. The van der Waals surface area contributed by atoms with Crippen LogP contribution in [0.2, 0.25) is 10.0 Å². The lowest BCUT2D eigenvalue weighted by atomic mass is 10.1. The number of primary amides is 1. The summed E-state index contributed by atoms with van der Waals surface area (Å²) in [6.45, 7) is 3.43. The Bertz CT molecular complexity index is 670. The van der Waals surface area contributed by atoms with Crippen LogP contribution in [0.1, 0.15) is 21.6 Å². The number of pyridine rings is 1. The van der Waals surface area contributed by atoms with Gasteiger partial charge in [0.1, 0.15) is 11.3 Å². The van der Waals surface area contributed by atoms with Crippen LogP contribution in [-0.2, 0) is 0 Å². The number of hydrogen-bond donors (Lipinski definition) is 1. The Labute approximate surface area is 126 Å². The van der Waals surface area contributed by atoms with Gasteiger partial charge in [0.25, 0.3) is 5.91 Å². The number of aryl methyl sites for hydroxylation is 1. The van der Waals surface area contributed by atoms with Gasteiger partial charge in [-0.15, -0.1) is 0 Å². The Morgan fingerprint density at radius 1 is 1.20 bits per heavy atom. The highest BCUT2D eigenvalue weighted by Gasteiger charge is 2.19. The highest BCUT2D eigenvalue weighted by molar-refractivity contribution is 6.32. The van der Waals surface area contributed by atoms with Crippen LogP contribution in [0.4, 0.5) is 0 Å². The van der Waals surface area contributed by atoms with Crippen LogP contribution in [0, 0.1) is 13.8 Å². The van der Waals surface area contributed by atoms with E-state index in [1.807, 2.05) is 0 Å². The van der Waals surface area contributed by atoms with Crippen molar-refractivity contribution in [3.05, 3.63) is 51.1 Å². The van der Waals surface area contributed by atoms with Gasteiger partial charge in [-0.2, -0.15) is 0 Å². The van der Waals surface area contributed by atoms with E-state index in [1.165, 1.54) is 0 Å². The molecule has 0 aliphatic carbocycles. The van der Waals surface area contributed by atoms with Crippen molar-refractivity contribution in [1.29, 1.82) is 0 Å². The Kier molecular flexibility index (Phi) is 4.16. The molecule has 1 aromatic heterocycles. The first-order valence-corrected chi connectivity index (χ1v) is 6.55. The van der Waals surface area contributed by atoms with Crippen molar-refractivity contribution in [2.24, 2.45) is 5.73 Å². The molecule has 0 atom stereocenters. The second kappa shape index (κ2) is 5.69. The van der Waals surface area contributed by atoms with Crippen LogP contribution in [0.5, 0.6) is 11.6 Å². The number of ether oxygens (including phenoxy) is 1. The molecule has 1 heterocycles. The van der Waals surface area contributed by atoms with Gasteiger partial charge >= 0.3 is 0 Å². The molecule has 0 unspecified atom stereocenters. The number of benzene rings is 1. The second-order valence-corrected chi connectivity index (χ2v) is 5.05. The van der Waals surface area contributed by atoms with E-state index in [0.717, 1.165) is 0 Å². The van der Waals surface area contributed by atoms with E-state index >= 15 is 0 Å². The molecule has 0 aliphatic rings. The summed E-state index contributed by atoms with van der Waals surface area (Å²) in [6.07, 6.45) is 0. The minimum Gasteiger partial charge on any atom is -0.438 e. The summed E-state index contributed by atoms with van der Waals surface area (Å²) < 4.78 is 5.61. The molecule has 104 valence electrons. The summed E-state index contributed by atoms with van der Waals surface area (Å²) in [5, 5.41) is 0.992. The molecule has 2 rings (SSSR count). The number of nitrogens with two attached hydrogens (primary N) is 1. The van der Waals surface area contributed by atoms with Crippen molar-refractivity contribution >= 4 is 29.1 Å². The zero-order valence-corrected chi connectivity index (χ0v) is 12.4. The number of amides is 1. The van der Waals surface area contributed by atoms with E-state index in [-0.39, 0.29) is 11.4 Å². The molecule has 0 saturated carbocycles. The molecule has 20 heavy (non-hydrogen) atoms. The summed E-state index contributed by atoms with van der Waals surface area (Å²) >= 11 is 11.9. The summed E-state index contributed by atoms with van der Waals surface area (Å²) in [7, 11) is 0. The maximum Gasteiger partial charge on any atom is 0.254 e. The first kappa shape index (κ1) is 14.6. The molecule has 0 radical (unpaired) electrons. The third kappa shape index (κ3) is 2.86. The second-order valence-electron chi connectivity index (χ2n) is 4.24. The van der Waals surface area contributed by atoms with Crippen LogP contribution < -0.4 is 10.5 Å². The summed E-state index contributed by atoms with van der Waals surface area (Å²) in [6, 6.07) is 6.70. The summed E-state index contributed by atoms with van der Waals surface area (Å²) in [5.41, 5.74) is 6.67. The predicted octanol–water partition coefficient (Wildman–Crippen LogP) is 3.90. The molecule has 0 saturated heterocycles. The van der Waals surface area contributed by atoms with Gasteiger partial charge in [-0.1, -0.05) is 23.2 Å². The van der Waals surface area contributed by atoms with Gasteiger partial charge in [-0.25, -0.2) is 4.98 Å². The van der Waals surface area contributed by atoms with E-state index < -0.39 is 5.91 Å². The molecule has 0 aliphatic heterocycles. The lowest BCUT2D eigenvalue weighted by Crippen LogP contribution is -2.16. The van der Waals surface area contributed by atoms with E-state index in [1.54, 1.807) is 38.1 Å². The first-order chi connectivity index (χ1) is 9.40. The topological polar surface area (TPSA) is 65.2 Å². The SMILES string of the molecule is Cc1nc(Oc2ccc(Cl)cc2)c(C(N)=O)c(C)c1Cl. The zero-order valence-electron chi connectivity index (χ0n) is 10.9. The van der Waals surface area contributed by atoms with Crippen molar-refractivity contribution in [3.63, 3.8) is 0 Å². The molecular weight excluding hydrogens is 299 g/mol. The van der Waals surface area contributed by atoms with Crippen molar-refractivity contribution in [2.45, 2.75) is 13.8 Å². The number of carbonyl (C=O) groups is 1. The molecule has 4 nitrogen and oxygen atoms in total. The van der Waals surface area contributed by atoms with Gasteiger partial charge in [0.15, 0.2) is 0 Å². The van der Waals surface area contributed by atoms with Gasteiger partial charge in [0.05, 0.1) is 10.7 Å². The monoisotopic (exact) mass is 310 g/mol. The lowest BCUT2D eigenvalue weighted by molar-refractivity contribution is 0.0997. The van der Waals surface area contributed by atoms with Crippen LogP contribution >= 0.6 is 23.2 Å². The number of rotatable bonds is 3. The minimum absolute atomic E-state index is 0.138. The van der Waals surface area contributed by atoms with Crippen molar-refractivity contribution in [1.82, 2.24) is 4.98 Å². The van der Waals surface area contributed by atoms with Crippen LogP contribution in [0.15, 0.2) is 24.3 Å². The highest BCUT2D eigenvalue weighted by Crippen LogP contribution is 2.31. The van der Waals surface area contributed by atoms with Crippen LogP contribution in [0.25, 0.3) is 0 Å². The smallest absolute Gasteiger partial charge is 0.254 e.